The predicted octanol–water partition coefficient (Wildman–Crippen LogP) is 4.78. The fourth-order valence-corrected chi connectivity index (χ4v) is 2.95. The van der Waals surface area contributed by atoms with E-state index in [4.69, 9.17) is 9.97 Å². The molecule has 0 amide bonds. The fraction of sp³-hybridized carbons (Fsp3) is 0. The van der Waals surface area contributed by atoms with Crippen molar-refractivity contribution < 1.29 is 21.1 Å². The van der Waals surface area contributed by atoms with E-state index >= 15 is 0 Å². The van der Waals surface area contributed by atoms with Crippen molar-refractivity contribution in [2.24, 2.45) is 0 Å². The van der Waals surface area contributed by atoms with E-state index in [1.165, 1.54) is 0 Å². The molecule has 0 bridgehead atoms. The molecule has 5 aromatic rings. The van der Waals surface area contributed by atoms with Gasteiger partial charge in [0.15, 0.2) is 0 Å². The molecule has 2 aromatic carbocycles. The van der Waals surface area contributed by atoms with Crippen LogP contribution in [0.5, 0.6) is 0 Å². The number of nitrogens with zero attached hydrogens (tertiary/aromatic N) is 4. The number of aromatic nitrogens is 4. The molecule has 0 N–H and O–H groups in total. The molecule has 5 heteroatoms. The third kappa shape index (κ3) is 2.77. The monoisotopic (exact) mass is 507 g/mol. The quantitative estimate of drug-likeness (QED) is 0.172. The summed E-state index contributed by atoms with van der Waals surface area (Å²) in [6.45, 7) is 0. The first-order valence-electron chi connectivity index (χ1n) is 7.10. The van der Waals surface area contributed by atoms with Crippen LogP contribution in [0, 0.1) is 14.9 Å². The first-order valence-corrected chi connectivity index (χ1v) is 7.10. The Hall–Kier alpha value is -2.45. The van der Waals surface area contributed by atoms with Crippen molar-refractivity contribution in [3.63, 3.8) is 0 Å². The molecule has 4 nitrogen and oxygen atoms in total. The number of pyridine rings is 2. The number of fused-ring (bicyclic) bond motifs is 7. The molecule has 0 aliphatic carbocycles. The average molecular weight is 507 g/mol. The Kier molecular flexibility index (Phi) is 5.44. The van der Waals surface area contributed by atoms with Gasteiger partial charge in [-0.05, 0) is 36.4 Å². The van der Waals surface area contributed by atoms with E-state index in [1.807, 2.05) is 48.5 Å². The van der Waals surface area contributed by atoms with Gasteiger partial charge in [0.2, 0.25) is 0 Å². The van der Waals surface area contributed by atoms with Crippen LogP contribution < -0.4 is 0 Å². The minimum absolute atomic E-state index is 0. The second-order valence-electron chi connectivity index (χ2n) is 5.21. The van der Waals surface area contributed by atoms with Crippen molar-refractivity contribution in [1.82, 2.24) is 19.9 Å². The molecule has 0 saturated carbocycles. The Morgan fingerprint density at radius 3 is 1.40 bits per heavy atom. The minimum atomic E-state index is 0. The van der Waals surface area contributed by atoms with Crippen LogP contribution >= 0.6 is 0 Å². The van der Waals surface area contributed by atoms with E-state index in [2.05, 4.69) is 9.97 Å². The van der Waals surface area contributed by atoms with Crippen LogP contribution in [0.25, 0.3) is 43.9 Å². The van der Waals surface area contributed by atoms with Gasteiger partial charge < -0.3 is 14.9 Å². The topological polar surface area (TPSA) is 51.6 Å². The van der Waals surface area contributed by atoms with Crippen LogP contribution in [-0.4, -0.2) is 19.9 Å². The summed E-state index contributed by atoms with van der Waals surface area (Å²) in [7, 11) is 0. The summed E-state index contributed by atoms with van der Waals surface area (Å²) in [6.07, 6.45) is 3.58. The molecule has 0 unspecified atom stereocenters. The molecule has 3 aromatic heterocycles. The molecular formula is C20H16N4Pt. The van der Waals surface area contributed by atoms with E-state index in [0.29, 0.717) is 0 Å². The van der Waals surface area contributed by atoms with Gasteiger partial charge in [0.1, 0.15) is 0 Å². The fourth-order valence-electron chi connectivity index (χ4n) is 2.95. The standard InChI is InChI=1S/C18H10N4.2CH3.Pt/c1-2-8-14-13(7-1)21-17-11-5-3-9-19-15(11)16-12(18(17)22-14)6-4-10-20-16;;;/h1-10H;2*1H3;/q;2*-1;+2. The normalized spacial score (nSPS) is 10.2. The zero-order valence-electron chi connectivity index (χ0n) is 13.9. The van der Waals surface area contributed by atoms with Crippen molar-refractivity contribution in [1.29, 1.82) is 0 Å². The molecule has 0 aliphatic heterocycles. The Morgan fingerprint density at radius 2 is 0.960 bits per heavy atom. The van der Waals surface area contributed by atoms with Crippen LogP contribution in [0.1, 0.15) is 0 Å². The Labute approximate surface area is 160 Å². The summed E-state index contributed by atoms with van der Waals surface area (Å²) >= 11 is 0. The molecule has 0 saturated heterocycles. The van der Waals surface area contributed by atoms with Crippen LogP contribution in [0.3, 0.4) is 0 Å². The van der Waals surface area contributed by atoms with Crippen LogP contribution in [0.2, 0.25) is 0 Å². The smallest absolute Gasteiger partial charge is 0.358 e. The summed E-state index contributed by atoms with van der Waals surface area (Å²) in [5, 5.41) is 1.98. The van der Waals surface area contributed by atoms with Crippen molar-refractivity contribution in [2.45, 2.75) is 0 Å². The third-order valence-corrected chi connectivity index (χ3v) is 3.92. The van der Waals surface area contributed by atoms with Crippen molar-refractivity contribution in [2.75, 3.05) is 0 Å². The van der Waals surface area contributed by atoms with Gasteiger partial charge in [0, 0.05) is 23.2 Å². The molecular weight excluding hydrogens is 491 g/mol. The molecule has 0 fully saturated rings. The summed E-state index contributed by atoms with van der Waals surface area (Å²) in [6, 6.07) is 15.8. The second-order valence-corrected chi connectivity index (χ2v) is 5.21. The van der Waals surface area contributed by atoms with Gasteiger partial charge in [-0.15, -0.1) is 0 Å². The van der Waals surface area contributed by atoms with Gasteiger partial charge in [-0.25, -0.2) is 9.97 Å². The maximum Gasteiger partial charge on any atom is 2.00 e. The van der Waals surface area contributed by atoms with E-state index in [-0.39, 0.29) is 35.9 Å². The molecule has 25 heavy (non-hydrogen) atoms. The Morgan fingerprint density at radius 1 is 0.520 bits per heavy atom. The zero-order chi connectivity index (χ0) is 14.5. The molecule has 0 spiro atoms. The van der Waals surface area contributed by atoms with Crippen molar-refractivity contribution in [3.05, 3.63) is 75.8 Å². The summed E-state index contributed by atoms with van der Waals surface area (Å²) in [4.78, 5) is 18.7. The summed E-state index contributed by atoms with van der Waals surface area (Å²) in [5.74, 6) is 0. The predicted molar refractivity (Wildman–Crippen MR) is 100 cm³/mol. The molecule has 5 rings (SSSR count). The molecule has 0 radical (unpaired) electrons. The third-order valence-electron chi connectivity index (χ3n) is 3.92. The number of rotatable bonds is 0. The average Bonchev–Trinajstić information content (AvgIpc) is 2.61. The maximum atomic E-state index is 4.83. The second kappa shape index (κ2) is 7.20. The molecule has 0 atom stereocenters. The molecule has 0 aliphatic rings. The molecule has 3 heterocycles. The van der Waals surface area contributed by atoms with E-state index in [9.17, 15) is 0 Å². The minimum Gasteiger partial charge on any atom is -0.358 e. The Bertz CT molecular complexity index is 1090. The number of para-hydroxylation sites is 2. The summed E-state index contributed by atoms with van der Waals surface area (Å²) in [5.41, 5.74) is 5.28. The SMILES string of the molecule is [CH3-].[CH3-].[Pt+2].c1ccc2nc3c4cccnc4c4ncccc4c3nc2c1. The van der Waals surface area contributed by atoms with Crippen LogP contribution in [0.4, 0.5) is 0 Å². The van der Waals surface area contributed by atoms with Gasteiger partial charge in [-0.2, -0.15) is 0 Å². The van der Waals surface area contributed by atoms with Crippen LogP contribution in [-0.2, 0) is 21.1 Å². The van der Waals surface area contributed by atoms with Gasteiger partial charge in [-0.3, -0.25) is 9.97 Å². The summed E-state index contributed by atoms with van der Waals surface area (Å²) < 4.78 is 0. The van der Waals surface area contributed by atoms with Crippen molar-refractivity contribution in [3.8, 4) is 0 Å². The number of hydrogen-bond donors (Lipinski definition) is 0. The first-order chi connectivity index (χ1) is 10.9. The van der Waals surface area contributed by atoms with Gasteiger partial charge in [-0.1, -0.05) is 12.1 Å². The van der Waals surface area contributed by atoms with E-state index in [1.54, 1.807) is 12.4 Å². The van der Waals surface area contributed by atoms with Gasteiger partial charge in [0.25, 0.3) is 0 Å². The van der Waals surface area contributed by atoms with Crippen LogP contribution in [0.15, 0.2) is 60.9 Å². The van der Waals surface area contributed by atoms with E-state index in [0.717, 1.165) is 43.9 Å². The Balaban J connectivity index is 0.000000751. The largest absolute Gasteiger partial charge is 2.00 e. The van der Waals surface area contributed by atoms with E-state index < -0.39 is 0 Å². The zero-order valence-corrected chi connectivity index (χ0v) is 16.2. The molecule has 126 valence electrons. The number of benzene rings is 2. The van der Waals surface area contributed by atoms with Gasteiger partial charge >= 0.3 is 21.1 Å². The van der Waals surface area contributed by atoms with Crippen molar-refractivity contribution >= 4 is 43.9 Å². The number of hydrogen-bond acceptors (Lipinski definition) is 4. The van der Waals surface area contributed by atoms with Gasteiger partial charge in [0.05, 0.1) is 33.1 Å². The first kappa shape index (κ1) is 18.9. The maximum absolute atomic E-state index is 4.83.